The number of rotatable bonds is 4. The molecule has 114 valence electrons. The molecule has 1 heterocycles. The number of halogens is 1. The summed E-state index contributed by atoms with van der Waals surface area (Å²) >= 11 is 5.74. The number of nitro groups is 1. The Hall–Kier alpha value is -1.66. The van der Waals surface area contributed by atoms with Gasteiger partial charge >= 0.3 is 0 Å². The van der Waals surface area contributed by atoms with Crippen LogP contribution in [-0.2, 0) is 4.79 Å². The number of quaternary nitrogens is 1. The second-order valence-corrected chi connectivity index (χ2v) is 5.99. The minimum atomic E-state index is -0.560. The number of likely N-dealkylation sites (tertiary alicyclic amines) is 1. The predicted molar refractivity (Wildman–Crippen MR) is 80.7 cm³/mol. The van der Waals surface area contributed by atoms with E-state index in [4.69, 9.17) is 11.6 Å². The summed E-state index contributed by atoms with van der Waals surface area (Å²) in [6, 6.07) is 4.28. The quantitative estimate of drug-likeness (QED) is 0.653. The average Bonchev–Trinajstić information content (AvgIpc) is 2.43. The van der Waals surface area contributed by atoms with Crippen LogP contribution in [0.3, 0.4) is 0 Å². The van der Waals surface area contributed by atoms with Crippen molar-refractivity contribution >= 4 is 28.9 Å². The van der Waals surface area contributed by atoms with Crippen molar-refractivity contribution in [3.8, 4) is 0 Å². The number of piperidine rings is 1. The lowest BCUT2D eigenvalue weighted by atomic mass is 9.99. The van der Waals surface area contributed by atoms with Crippen molar-refractivity contribution in [2.75, 3.05) is 25.0 Å². The van der Waals surface area contributed by atoms with E-state index in [0.717, 1.165) is 31.8 Å². The zero-order valence-electron chi connectivity index (χ0n) is 11.9. The zero-order valence-corrected chi connectivity index (χ0v) is 12.7. The largest absolute Gasteiger partial charge is 0.327 e. The maximum atomic E-state index is 12.0. The van der Waals surface area contributed by atoms with Gasteiger partial charge in [-0.25, -0.2) is 0 Å². The molecule has 0 radical (unpaired) electrons. The molecule has 0 aliphatic carbocycles. The lowest BCUT2D eigenvalue weighted by Crippen LogP contribution is -3.14. The van der Waals surface area contributed by atoms with Crippen molar-refractivity contribution in [1.29, 1.82) is 0 Å². The van der Waals surface area contributed by atoms with Crippen molar-refractivity contribution < 1.29 is 14.6 Å². The van der Waals surface area contributed by atoms with E-state index in [1.54, 1.807) is 6.07 Å². The molecular formula is C14H19ClN3O3+. The van der Waals surface area contributed by atoms with Gasteiger partial charge in [-0.05, 0) is 30.9 Å². The third kappa shape index (κ3) is 4.41. The van der Waals surface area contributed by atoms with Crippen LogP contribution >= 0.6 is 11.6 Å². The van der Waals surface area contributed by atoms with E-state index >= 15 is 0 Å². The van der Waals surface area contributed by atoms with Gasteiger partial charge in [0.1, 0.15) is 5.02 Å². The number of nitro benzene ring substituents is 1. The first kappa shape index (κ1) is 15.7. The van der Waals surface area contributed by atoms with Crippen molar-refractivity contribution in [2.45, 2.75) is 19.8 Å². The highest BCUT2D eigenvalue weighted by molar-refractivity contribution is 6.32. The molecule has 0 bridgehead atoms. The lowest BCUT2D eigenvalue weighted by molar-refractivity contribution is -0.897. The highest BCUT2D eigenvalue weighted by atomic mass is 35.5. The number of hydrogen-bond acceptors (Lipinski definition) is 3. The van der Waals surface area contributed by atoms with Crippen LogP contribution in [0.25, 0.3) is 0 Å². The normalized spacial score (nSPS) is 21.8. The van der Waals surface area contributed by atoms with Crippen LogP contribution < -0.4 is 10.2 Å². The van der Waals surface area contributed by atoms with Crippen molar-refractivity contribution in [1.82, 2.24) is 0 Å². The molecule has 1 aromatic rings. The number of hydrogen-bond donors (Lipinski definition) is 2. The first-order valence-electron chi connectivity index (χ1n) is 7.03. The summed E-state index contributed by atoms with van der Waals surface area (Å²) in [5.74, 6) is 0.604. The van der Waals surface area contributed by atoms with Crippen LogP contribution in [0.4, 0.5) is 11.4 Å². The average molecular weight is 313 g/mol. The minimum absolute atomic E-state index is 0.0636. The van der Waals surface area contributed by atoms with E-state index in [2.05, 4.69) is 12.2 Å². The SMILES string of the molecule is CC1CC[NH+](CC(=O)Nc2ccc(Cl)c([N+](=O)[O-])c2)CC1. The molecule has 1 fully saturated rings. The molecule has 0 spiro atoms. The van der Waals surface area contributed by atoms with Gasteiger partial charge in [0.2, 0.25) is 0 Å². The Morgan fingerprint density at radius 1 is 1.48 bits per heavy atom. The maximum Gasteiger partial charge on any atom is 0.289 e. The Morgan fingerprint density at radius 3 is 2.76 bits per heavy atom. The van der Waals surface area contributed by atoms with Crippen molar-refractivity contribution in [3.05, 3.63) is 33.3 Å². The summed E-state index contributed by atoms with van der Waals surface area (Å²) in [6.45, 7) is 4.61. The highest BCUT2D eigenvalue weighted by Gasteiger charge is 2.21. The third-order valence-corrected chi connectivity index (χ3v) is 4.14. The monoisotopic (exact) mass is 312 g/mol. The molecule has 7 heteroatoms. The van der Waals surface area contributed by atoms with Gasteiger partial charge in [0.05, 0.1) is 18.0 Å². The summed E-state index contributed by atoms with van der Waals surface area (Å²) in [4.78, 5) is 23.5. The molecule has 1 aromatic carbocycles. The van der Waals surface area contributed by atoms with Crippen LogP contribution in [0.2, 0.25) is 5.02 Å². The summed E-state index contributed by atoms with van der Waals surface area (Å²) < 4.78 is 0. The van der Waals surface area contributed by atoms with Crippen molar-refractivity contribution in [2.24, 2.45) is 5.92 Å². The lowest BCUT2D eigenvalue weighted by Gasteiger charge is -2.26. The van der Waals surface area contributed by atoms with E-state index < -0.39 is 4.92 Å². The number of benzene rings is 1. The smallest absolute Gasteiger partial charge is 0.289 e. The van der Waals surface area contributed by atoms with E-state index in [1.165, 1.54) is 17.0 Å². The molecule has 2 N–H and O–H groups in total. The molecule has 1 aliphatic rings. The van der Waals surface area contributed by atoms with Crippen molar-refractivity contribution in [3.63, 3.8) is 0 Å². The van der Waals surface area contributed by atoms with Crippen LogP contribution in [0, 0.1) is 16.0 Å². The number of carbonyl (C=O) groups is 1. The second kappa shape index (κ2) is 6.87. The maximum absolute atomic E-state index is 12.0. The first-order chi connectivity index (χ1) is 9.95. The van der Waals surface area contributed by atoms with Crippen LogP contribution in [0.1, 0.15) is 19.8 Å². The Kier molecular flexibility index (Phi) is 5.14. The highest BCUT2D eigenvalue weighted by Crippen LogP contribution is 2.27. The number of carbonyl (C=O) groups excluding carboxylic acids is 1. The standard InChI is InChI=1S/C14H18ClN3O3/c1-10-4-6-17(7-5-10)9-14(19)16-11-2-3-12(15)13(8-11)18(20)21/h2-3,8,10H,4-7,9H2,1H3,(H,16,19)/p+1. The molecule has 1 aliphatic heterocycles. The third-order valence-electron chi connectivity index (χ3n) is 3.82. The molecule has 0 unspecified atom stereocenters. The molecule has 0 atom stereocenters. The van der Waals surface area contributed by atoms with Crippen LogP contribution in [-0.4, -0.2) is 30.5 Å². The number of anilines is 1. The summed E-state index contributed by atoms with van der Waals surface area (Å²) in [5.41, 5.74) is 0.203. The predicted octanol–water partition coefficient (Wildman–Crippen LogP) is 1.50. The number of nitrogens with zero attached hydrogens (tertiary/aromatic N) is 1. The van der Waals surface area contributed by atoms with Gasteiger partial charge in [0, 0.05) is 11.8 Å². The molecule has 1 saturated heterocycles. The van der Waals surface area contributed by atoms with E-state index in [9.17, 15) is 14.9 Å². The zero-order chi connectivity index (χ0) is 15.4. The van der Waals surface area contributed by atoms with Crippen LogP contribution in [0.5, 0.6) is 0 Å². The van der Waals surface area contributed by atoms with E-state index in [0.29, 0.717) is 12.2 Å². The Labute approximate surface area is 128 Å². The van der Waals surface area contributed by atoms with Gasteiger partial charge in [-0.1, -0.05) is 18.5 Å². The summed E-state index contributed by atoms with van der Waals surface area (Å²) in [5, 5.41) is 13.6. The number of nitrogens with one attached hydrogen (secondary N) is 2. The second-order valence-electron chi connectivity index (χ2n) is 5.58. The fourth-order valence-electron chi connectivity index (χ4n) is 2.51. The fraction of sp³-hybridized carbons (Fsp3) is 0.500. The molecule has 1 amide bonds. The van der Waals surface area contributed by atoms with Gasteiger partial charge in [-0.3, -0.25) is 14.9 Å². The summed E-state index contributed by atoms with van der Waals surface area (Å²) in [6.07, 6.45) is 2.27. The minimum Gasteiger partial charge on any atom is -0.327 e. The Bertz CT molecular complexity index is 542. The molecule has 0 saturated carbocycles. The first-order valence-corrected chi connectivity index (χ1v) is 7.41. The van der Waals surface area contributed by atoms with Gasteiger partial charge in [-0.15, -0.1) is 0 Å². The van der Waals surface area contributed by atoms with Gasteiger partial charge in [-0.2, -0.15) is 0 Å². The molecule has 0 aromatic heterocycles. The van der Waals surface area contributed by atoms with E-state index in [1.807, 2.05) is 0 Å². The van der Waals surface area contributed by atoms with Crippen LogP contribution in [0.15, 0.2) is 18.2 Å². The van der Waals surface area contributed by atoms with Gasteiger partial charge in [0.25, 0.3) is 11.6 Å². The fourth-order valence-corrected chi connectivity index (χ4v) is 2.70. The topological polar surface area (TPSA) is 76.7 Å². The molecule has 2 rings (SSSR count). The molecular weight excluding hydrogens is 294 g/mol. The van der Waals surface area contributed by atoms with E-state index in [-0.39, 0.29) is 16.6 Å². The Morgan fingerprint density at radius 2 is 2.14 bits per heavy atom. The van der Waals surface area contributed by atoms with Gasteiger partial charge < -0.3 is 10.2 Å². The number of amides is 1. The molecule has 6 nitrogen and oxygen atoms in total. The summed E-state index contributed by atoms with van der Waals surface area (Å²) in [7, 11) is 0. The Balaban J connectivity index is 1.93. The van der Waals surface area contributed by atoms with Gasteiger partial charge in [0.15, 0.2) is 6.54 Å². The molecule has 21 heavy (non-hydrogen) atoms.